The number of rotatable bonds is 2. The number of benzene rings is 1. The highest BCUT2D eigenvalue weighted by Crippen LogP contribution is 2.38. The van der Waals surface area contributed by atoms with Gasteiger partial charge in [0.25, 0.3) is 5.91 Å². The fourth-order valence-electron chi connectivity index (χ4n) is 4.12. The third-order valence-corrected chi connectivity index (χ3v) is 5.50. The number of amides is 2. The molecule has 0 radical (unpaired) electrons. The summed E-state index contributed by atoms with van der Waals surface area (Å²) in [4.78, 5) is 28.5. The zero-order chi connectivity index (χ0) is 17.2. The normalized spacial score (nSPS) is 21.4. The average molecular weight is 343 g/mol. The minimum absolute atomic E-state index is 0.0597. The van der Waals surface area contributed by atoms with E-state index in [1.807, 2.05) is 23.1 Å². The summed E-state index contributed by atoms with van der Waals surface area (Å²) in [6, 6.07) is 5.82. The minimum atomic E-state index is -0.118. The van der Waals surface area contributed by atoms with E-state index in [1.165, 1.54) is 19.3 Å². The molecule has 0 atom stereocenters. The maximum atomic E-state index is 12.7. The Hall–Kier alpha value is -2.24. The summed E-state index contributed by atoms with van der Waals surface area (Å²) >= 11 is 0. The number of para-hydroxylation sites is 1. The lowest BCUT2D eigenvalue weighted by Gasteiger charge is -2.39. The lowest BCUT2D eigenvalue weighted by molar-refractivity contribution is -0.136. The largest absolute Gasteiger partial charge is 0.479 e. The van der Waals surface area contributed by atoms with Crippen molar-refractivity contribution < 1.29 is 14.3 Å². The van der Waals surface area contributed by atoms with E-state index in [4.69, 9.17) is 4.74 Å². The topological polar surface area (TPSA) is 61.9 Å². The first kappa shape index (κ1) is 16.2. The number of ether oxygens (including phenoxy) is 1. The maximum Gasteiger partial charge on any atom is 0.262 e. The summed E-state index contributed by atoms with van der Waals surface area (Å²) in [5, 5.41) is 2.85. The summed E-state index contributed by atoms with van der Waals surface area (Å²) < 4.78 is 5.66. The van der Waals surface area contributed by atoms with Gasteiger partial charge in [0.1, 0.15) is 0 Å². The van der Waals surface area contributed by atoms with Gasteiger partial charge in [0.05, 0.1) is 11.4 Å². The number of piperazine rings is 1. The molecule has 134 valence electrons. The van der Waals surface area contributed by atoms with Gasteiger partial charge >= 0.3 is 0 Å². The molecule has 0 aromatic heterocycles. The quantitative estimate of drug-likeness (QED) is 0.895. The molecule has 25 heavy (non-hydrogen) atoms. The van der Waals surface area contributed by atoms with Crippen molar-refractivity contribution in [1.29, 1.82) is 0 Å². The maximum absolute atomic E-state index is 12.7. The number of carbonyl (C=O) groups excluding carboxylic acids is 2. The average Bonchev–Trinajstić information content (AvgIpc) is 2.67. The third-order valence-electron chi connectivity index (χ3n) is 5.50. The van der Waals surface area contributed by atoms with Gasteiger partial charge in [0, 0.05) is 32.1 Å². The Labute approximate surface area is 148 Å². The van der Waals surface area contributed by atoms with E-state index in [0.29, 0.717) is 5.91 Å². The zero-order valence-electron chi connectivity index (χ0n) is 14.5. The van der Waals surface area contributed by atoms with Crippen LogP contribution >= 0.6 is 0 Å². The monoisotopic (exact) mass is 343 g/mol. The van der Waals surface area contributed by atoms with Gasteiger partial charge in [-0.3, -0.25) is 9.59 Å². The second-order valence-electron chi connectivity index (χ2n) is 7.14. The van der Waals surface area contributed by atoms with Crippen LogP contribution in [0.2, 0.25) is 0 Å². The molecule has 1 aromatic carbocycles. The molecule has 0 bridgehead atoms. The number of anilines is 2. The van der Waals surface area contributed by atoms with Gasteiger partial charge in [-0.05, 0) is 25.0 Å². The van der Waals surface area contributed by atoms with Gasteiger partial charge < -0.3 is 19.9 Å². The summed E-state index contributed by atoms with van der Waals surface area (Å²) in [7, 11) is 0. The van der Waals surface area contributed by atoms with E-state index in [2.05, 4.69) is 10.2 Å². The van der Waals surface area contributed by atoms with E-state index < -0.39 is 0 Å². The van der Waals surface area contributed by atoms with Gasteiger partial charge in [-0.1, -0.05) is 25.3 Å². The standard InChI is InChI=1S/C19H25N3O3/c23-17-13-25-18-15(20-17)7-4-8-16(18)21-9-11-22(12-10-21)19(24)14-5-2-1-3-6-14/h4,7-8,14H,1-3,5-6,9-13H2,(H,20,23). The molecular formula is C19H25N3O3. The number of hydrogen-bond donors (Lipinski definition) is 1. The lowest BCUT2D eigenvalue weighted by atomic mass is 9.88. The molecule has 1 N–H and O–H groups in total. The molecular weight excluding hydrogens is 318 g/mol. The second-order valence-corrected chi connectivity index (χ2v) is 7.14. The van der Waals surface area contributed by atoms with Crippen LogP contribution in [0.15, 0.2) is 18.2 Å². The first-order valence-corrected chi connectivity index (χ1v) is 9.32. The molecule has 6 heteroatoms. The fraction of sp³-hybridized carbons (Fsp3) is 0.579. The highest BCUT2D eigenvalue weighted by atomic mass is 16.5. The summed E-state index contributed by atoms with van der Waals surface area (Å²) in [6.45, 7) is 3.17. The molecule has 1 saturated heterocycles. The Morgan fingerprint density at radius 2 is 1.84 bits per heavy atom. The van der Waals surface area contributed by atoms with E-state index >= 15 is 0 Å². The Morgan fingerprint density at radius 3 is 2.60 bits per heavy atom. The lowest BCUT2D eigenvalue weighted by Crippen LogP contribution is -2.50. The summed E-state index contributed by atoms with van der Waals surface area (Å²) in [5.74, 6) is 1.21. The number of nitrogens with one attached hydrogen (secondary N) is 1. The molecule has 2 fully saturated rings. The van der Waals surface area contributed by atoms with Crippen LogP contribution in [0.1, 0.15) is 32.1 Å². The van der Waals surface area contributed by atoms with Crippen molar-refractivity contribution in [3.63, 3.8) is 0 Å². The second kappa shape index (κ2) is 6.94. The van der Waals surface area contributed by atoms with E-state index in [0.717, 1.165) is 56.1 Å². The molecule has 4 rings (SSSR count). The minimum Gasteiger partial charge on any atom is -0.479 e. The molecule has 6 nitrogen and oxygen atoms in total. The number of nitrogens with zero attached hydrogens (tertiary/aromatic N) is 2. The van der Waals surface area contributed by atoms with Crippen molar-refractivity contribution in [3.05, 3.63) is 18.2 Å². The van der Waals surface area contributed by atoms with Crippen LogP contribution in [0.4, 0.5) is 11.4 Å². The van der Waals surface area contributed by atoms with Crippen LogP contribution in [-0.2, 0) is 9.59 Å². The summed E-state index contributed by atoms with van der Waals surface area (Å²) in [5.41, 5.74) is 1.73. The van der Waals surface area contributed by atoms with E-state index in [9.17, 15) is 9.59 Å². The Morgan fingerprint density at radius 1 is 1.08 bits per heavy atom. The van der Waals surface area contributed by atoms with Crippen molar-refractivity contribution in [2.75, 3.05) is 43.0 Å². The van der Waals surface area contributed by atoms with E-state index in [-0.39, 0.29) is 18.4 Å². The van der Waals surface area contributed by atoms with Crippen molar-refractivity contribution in [2.24, 2.45) is 5.92 Å². The first-order valence-electron chi connectivity index (χ1n) is 9.32. The van der Waals surface area contributed by atoms with Crippen molar-refractivity contribution in [2.45, 2.75) is 32.1 Å². The molecule has 1 aliphatic carbocycles. The molecule has 2 amide bonds. The Balaban J connectivity index is 1.41. The summed E-state index contributed by atoms with van der Waals surface area (Å²) in [6.07, 6.45) is 5.76. The van der Waals surface area contributed by atoms with Crippen LogP contribution in [0, 0.1) is 5.92 Å². The molecule has 1 saturated carbocycles. The fourth-order valence-corrected chi connectivity index (χ4v) is 4.12. The molecule has 3 aliphatic rings. The van der Waals surface area contributed by atoms with Crippen LogP contribution in [0.5, 0.6) is 5.75 Å². The third kappa shape index (κ3) is 3.30. The van der Waals surface area contributed by atoms with Crippen LogP contribution < -0.4 is 15.0 Å². The van der Waals surface area contributed by atoms with Crippen molar-refractivity contribution in [3.8, 4) is 5.75 Å². The molecule has 2 aliphatic heterocycles. The highest BCUT2D eigenvalue weighted by Gasteiger charge is 2.30. The van der Waals surface area contributed by atoms with Gasteiger partial charge in [-0.15, -0.1) is 0 Å². The van der Waals surface area contributed by atoms with Gasteiger partial charge in [-0.25, -0.2) is 0 Å². The van der Waals surface area contributed by atoms with Crippen molar-refractivity contribution >= 4 is 23.2 Å². The van der Waals surface area contributed by atoms with Gasteiger partial charge in [-0.2, -0.15) is 0 Å². The van der Waals surface area contributed by atoms with Crippen LogP contribution in [0.25, 0.3) is 0 Å². The molecule has 0 spiro atoms. The predicted molar refractivity (Wildman–Crippen MR) is 95.9 cm³/mol. The SMILES string of the molecule is O=C1COc2c(cccc2N2CCN(C(=O)C3CCCCC3)CC2)N1. The zero-order valence-corrected chi connectivity index (χ0v) is 14.5. The predicted octanol–water partition coefficient (Wildman–Crippen LogP) is 2.25. The number of carbonyl (C=O) groups is 2. The Bertz CT molecular complexity index is 662. The highest BCUT2D eigenvalue weighted by molar-refractivity contribution is 5.97. The molecule has 0 unspecified atom stereocenters. The number of hydrogen-bond acceptors (Lipinski definition) is 4. The first-order chi connectivity index (χ1) is 12.2. The van der Waals surface area contributed by atoms with Crippen molar-refractivity contribution in [1.82, 2.24) is 4.90 Å². The number of fused-ring (bicyclic) bond motifs is 1. The molecule has 2 heterocycles. The van der Waals surface area contributed by atoms with Crippen LogP contribution in [0.3, 0.4) is 0 Å². The van der Waals surface area contributed by atoms with E-state index in [1.54, 1.807) is 0 Å². The molecule has 1 aromatic rings. The van der Waals surface area contributed by atoms with Gasteiger partial charge in [0.15, 0.2) is 12.4 Å². The van der Waals surface area contributed by atoms with Gasteiger partial charge in [0.2, 0.25) is 5.91 Å². The van der Waals surface area contributed by atoms with Crippen LogP contribution in [-0.4, -0.2) is 49.5 Å². The Kier molecular flexibility index (Phi) is 4.51. The smallest absolute Gasteiger partial charge is 0.262 e.